The highest BCUT2D eigenvalue weighted by Crippen LogP contribution is 2.28. The van der Waals surface area contributed by atoms with Crippen molar-refractivity contribution in [2.24, 2.45) is 0 Å². The topological polar surface area (TPSA) is 66.0 Å². The van der Waals surface area contributed by atoms with E-state index in [0.29, 0.717) is 10.8 Å². The second kappa shape index (κ2) is 2.23. The van der Waals surface area contributed by atoms with E-state index in [2.05, 4.69) is 9.97 Å². The third kappa shape index (κ3) is 0.724. The highest BCUT2D eigenvalue weighted by Gasteiger charge is 2.10. The van der Waals surface area contributed by atoms with E-state index >= 15 is 0 Å². The minimum Gasteiger partial charge on any atom is -0.494 e. The molecule has 4 nitrogen and oxygen atoms in total. The third-order valence-corrected chi connectivity index (χ3v) is 2.39. The van der Waals surface area contributed by atoms with Crippen molar-refractivity contribution in [3.05, 3.63) is 34.7 Å². The van der Waals surface area contributed by atoms with Gasteiger partial charge in [-0.1, -0.05) is 0 Å². The molecule has 3 aromatic rings. The summed E-state index contributed by atoms with van der Waals surface area (Å²) in [6.07, 6.45) is 3.07. The summed E-state index contributed by atoms with van der Waals surface area (Å²) in [7, 11) is 0. The van der Waals surface area contributed by atoms with Crippen LogP contribution in [-0.2, 0) is 0 Å². The van der Waals surface area contributed by atoms with Crippen molar-refractivity contribution in [1.29, 1.82) is 0 Å². The van der Waals surface area contributed by atoms with Gasteiger partial charge in [0.05, 0.1) is 10.9 Å². The predicted molar refractivity (Wildman–Crippen MR) is 52.7 cm³/mol. The second-order valence-corrected chi connectivity index (χ2v) is 3.18. The van der Waals surface area contributed by atoms with Gasteiger partial charge >= 0.3 is 0 Å². The Morgan fingerprint density at radius 2 is 2.14 bits per heavy atom. The zero-order valence-corrected chi connectivity index (χ0v) is 7.11. The van der Waals surface area contributed by atoms with E-state index < -0.39 is 0 Å². The molecule has 0 unspecified atom stereocenters. The summed E-state index contributed by atoms with van der Waals surface area (Å²) >= 11 is 0. The fraction of sp³-hybridized carbons (Fsp3) is 0. The lowest BCUT2D eigenvalue weighted by molar-refractivity contribution is 0.461. The van der Waals surface area contributed by atoms with E-state index in [-0.39, 0.29) is 11.3 Å². The fourth-order valence-corrected chi connectivity index (χ4v) is 1.72. The van der Waals surface area contributed by atoms with Gasteiger partial charge in [-0.3, -0.25) is 9.78 Å². The van der Waals surface area contributed by atoms with Gasteiger partial charge in [-0.05, 0) is 12.1 Å². The maximum Gasteiger partial charge on any atom is 0.198 e. The number of aromatic nitrogens is 2. The van der Waals surface area contributed by atoms with Crippen LogP contribution < -0.4 is 5.43 Å². The van der Waals surface area contributed by atoms with Crippen LogP contribution in [0.3, 0.4) is 0 Å². The predicted octanol–water partition coefficient (Wildman–Crippen LogP) is 1.22. The molecular formula is C10H6N2O2. The third-order valence-electron chi connectivity index (χ3n) is 2.39. The summed E-state index contributed by atoms with van der Waals surface area (Å²) in [6, 6.07) is 3.14. The number of hydrogen-bond donors (Lipinski definition) is 2. The first-order valence-corrected chi connectivity index (χ1v) is 4.19. The normalized spacial score (nSPS) is 11.4. The van der Waals surface area contributed by atoms with Crippen molar-refractivity contribution in [2.45, 2.75) is 0 Å². The minimum atomic E-state index is -0.0632. The van der Waals surface area contributed by atoms with Crippen LogP contribution in [-0.4, -0.2) is 15.1 Å². The molecule has 4 heteroatoms. The molecule has 0 spiro atoms. The molecule has 0 bridgehead atoms. The molecule has 0 atom stereocenters. The van der Waals surface area contributed by atoms with Gasteiger partial charge in [-0.25, -0.2) is 0 Å². The molecule has 0 amide bonds. The summed E-state index contributed by atoms with van der Waals surface area (Å²) < 4.78 is 0. The number of hydrogen-bond acceptors (Lipinski definition) is 3. The highest BCUT2D eigenvalue weighted by molar-refractivity contribution is 6.10. The SMILES string of the molecule is O=c1ccc2ncc3c(O)[nH]cc1c23. The van der Waals surface area contributed by atoms with Crippen LogP contribution in [0.4, 0.5) is 0 Å². The van der Waals surface area contributed by atoms with Crippen molar-refractivity contribution in [2.75, 3.05) is 0 Å². The molecule has 14 heavy (non-hydrogen) atoms. The summed E-state index contributed by atoms with van der Waals surface area (Å²) in [5.74, 6) is 0.0469. The number of nitrogens with zero attached hydrogens (tertiary/aromatic N) is 1. The molecule has 0 radical (unpaired) electrons. The monoisotopic (exact) mass is 186 g/mol. The van der Waals surface area contributed by atoms with Gasteiger partial charge in [-0.15, -0.1) is 0 Å². The Kier molecular flexibility index (Phi) is 1.16. The van der Waals surface area contributed by atoms with Gasteiger partial charge < -0.3 is 10.1 Å². The van der Waals surface area contributed by atoms with Crippen molar-refractivity contribution in [3.8, 4) is 5.88 Å². The second-order valence-electron chi connectivity index (χ2n) is 3.18. The van der Waals surface area contributed by atoms with E-state index in [1.165, 1.54) is 12.3 Å². The number of aromatic amines is 1. The standard InChI is InChI=1S/C10H6N2O2/c13-8-2-1-7-9-5(8)3-12-10(14)6(9)4-11-7/h1-4,12,14H. The molecule has 0 saturated heterocycles. The molecule has 0 aliphatic heterocycles. The van der Waals surface area contributed by atoms with E-state index in [1.807, 2.05) is 0 Å². The van der Waals surface area contributed by atoms with Crippen LogP contribution in [0.2, 0.25) is 0 Å². The first-order valence-electron chi connectivity index (χ1n) is 4.19. The zero-order valence-electron chi connectivity index (χ0n) is 7.11. The molecule has 0 aliphatic rings. The van der Waals surface area contributed by atoms with E-state index in [0.717, 1.165) is 10.9 Å². The number of aromatic hydroxyl groups is 1. The molecule has 0 fully saturated rings. The molecule has 2 N–H and O–H groups in total. The van der Waals surface area contributed by atoms with E-state index in [9.17, 15) is 9.90 Å². The molecule has 1 aromatic carbocycles. The zero-order chi connectivity index (χ0) is 9.71. The first-order chi connectivity index (χ1) is 6.77. The Balaban J connectivity index is 2.78. The molecule has 2 heterocycles. The number of H-pyrrole nitrogens is 1. The number of nitrogens with one attached hydrogen (secondary N) is 1. The fourth-order valence-electron chi connectivity index (χ4n) is 1.72. The average molecular weight is 186 g/mol. The lowest BCUT2D eigenvalue weighted by Crippen LogP contribution is -1.98. The van der Waals surface area contributed by atoms with E-state index in [1.54, 1.807) is 12.3 Å². The van der Waals surface area contributed by atoms with Crippen molar-refractivity contribution in [3.63, 3.8) is 0 Å². The maximum atomic E-state index is 11.5. The van der Waals surface area contributed by atoms with Crippen LogP contribution >= 0.6 is 0 Å². The van der Waals surface area contributed by atoms with Crippen LogP contribution in [0.25, 0.3) is 21.7 Å². The van der Waals surface area contributed by atoms with Crippen molar-refractivity contribution >= 4 is 21.7 Å². The van der Waals surface area contributed by atoms with Crippen molar-refractivity contribution < 1.29 is 5.11 Å². The Hall–Kier alpha value is -2.10. The summed E-state index contributed by atoms with van der Waals surface area (Å²) in [4.78, 5) is 18.2. The summed E-state index contributed by atoms with van der Waals surface area (Å²) in [5.41, 5.74) is 0.672. The molecule has 2 aromatic heterocycles. The van der Waals surface area contributed by atoms with Gasteiger partial charge in [0.2, 0.25) is 0 Å². The van der Waals surface area contributed by atoms with Crippen LogP contribution in [0.15, 0.2) is 29.3 Å². The number of rotatable bonds is 0. The molecular weight excluding hydrogens is 180 g/mol. The maximum absolute atomic E-state index is 11.5. The lowest BCUT2D eigenvalue weighted by atomic mass is 10.1. The lowest BCUT2D eigenvalue weighted by Gasteiger charge is -1.98. The quantitative estimate of drug-likeness (QED) is 0.554. The number of pyridine rings is 1. The van der Waals surface area contributed by atoms with E-state index in [4.69, 9.17) is 0 Å². The van der Waals surface area contributed by atoms with Gasteiger partial charge in [-0.2, -0.15) is 0 Å². The Labute approximate surface area is 78.2 Å². The van der Waals surface area contributed by atoms with Gasteiger partial charge in [0, 0.05) is 23.2 Å². The van der Waals surface area contributed by atoms with Crippen molar-refractivity contribution in [1.82, 2.24) is 9.97 Å². The smallest absolute Gasteiger partial charge is 0.198 e. The van der Waals surface area contributed by atoms with Crippen LogP contribution in [0, 0.1) is 0 Å². The molecule has 3 rings (SSSR count). The Bertz CT molecular complexity index is 672. The first kappa shape index (κ1) is 7.32. The molecule has 0 saturated carbocycles. The number of benzene rings is 1. The Morgan fingerprint density at radius 1 is 1.29 bits per heavy atom. The van der Waals surface area contributed by atoms with Gasteiger partial charge in [0.25, 0.3) is 0 Å². The largest absolute Gasteiger partial charge is 0.494 e. The highest BCUT2D eigenvalue weighted by atomic mass is 16.3. The average Bonchev–Trinajstić information content (AvgIpc) is 2.60. The molecule has 0 aliphatic carbocycles. The minimum absolute atomic E-state index is 0.0469. The molecule has 68 valence electrons. The van der Waals surface area contributed by atoms with Gasteiger partial charge in [0.15, 0.2) is 11.3 Å². The summed E-state index contributed by atoms with van der Waals surface area (Å²) in [5, 5.41) is 11.4. The summed E-state index contributed by atoms with van der Waals surface area (Å²) in [6.45, 7) is 0. The Morgan fingerprint density at radius 3 is 3.00 bits per heavy atom. The van der Waals surface area contributed by atoms with Crippen LogP contribution in [0.5, 0.6) is 5.88 Å². The van der Waals surface area contributed by atoms with Crippen LogP contribution in [0.1, 0.15) is 0 Å². The van der Waals surface area contributed by atoms with Gasteiger partial charge in [0.1, 0.15) is 0 Å².